The van der Waals surface area contributed by atoms with Crippen LogP contribution in [-0.2, 0) is 4.79 Å². The lowest BCUT2D eigenvalue weighted by Crippen LogP contribution is -2.29. The number of hydrogen-bond donors (Lipinski definition) is 1. The van der Waals surface area contributed by atoms with E-state index < -0.39 is 0 Å². The molecular formula is C24H24ClFN2O. The predicted octanol–water partition coefficient (Wildman–Crippen LogP) is 6.58. The average molecular weight is 411 g/mol. The second kappa shape index (κ2) is 8.50. The number of carbonyl (C=O) groups excluding carboxylic acids is 1. The van der Waals surface area contributed by atoms with Crippen molar-refractivity contribution >= 4 is 34.1 Å². The number of pyridine rings is 1. The van der Waals surface area contributed by atoms with Crippen LogP contribution >= 0.6 is 11.6 Å². The molecule has 3 nitrogen and oxygen atoms in total. The van der Waals surface area contributed by atoms with E-state index in [1.165, 1.54) is 11.6 Å². The van der Waals surface area contributed by atoms with Gasteiger partial charge in [0, 0.05) is 28.2 Å². The third kappa shape index (κ3) is 4.43. The third-order valence-corrected chi connectivity index (χ3v) is 6.43. The van der Waals surface area contributed by atoms with Crippen molar-refractivity contribution in [2.75, 3.05) is 5.32 Å². The number of nitrogens with zero attached hydrogens (tertiary/aromatic N) is 1. The van der Waals surface area contributed by atoms with Gasteiger partial charge in [-0.1, -0.05) is 18.5 Å². The van der Waals surface area contributed by atoms with Gasteiger partial charge in [0.15, 0.2) is 0 Å². The van der Waals surface area contributed by atoms with Gasteiger partial charge >= 0.3 is 0 Å². The summed E-state index contributed by atoms with van der Waals surface area (Å²) in [7, 11) is 0. The molecule has 2 aromatic carbocycles. The Kier molecular flexibility index (Phi) is 5.81. The van der Waals surface area contributed by atoms with Crippen molar-refractivity contribution in [3.63, 3.8) is 0 Å². The number of aromatic nitrogens is 1. The number of nitrogens with one attached hydrogen (secondary N) is 1. The van der Waals surface area contributed by atoms with Crippen LogP contribution in [0.2, 0.25) is 5.02 Å². The van der Waals surface area contributed by atoms with Gasteiger partial charge in [0.25, 0.3) is 0 Å². The molecule has 0 saturated heterocycles. The molecule has 4 rings (SSSR count). The Morgan fingerprint density at radius 1 is 1.10 bits per heavy atom. The minimum atomic E-state index is -0.229. The van der Waals surface area contributed by atoms with Gasteiger partial charge in [-0.05, 0) is 91.6 Å². The van der Waals surface area contributed by atoms with Gasteiger partial charge in [-0.3, -0.25) is 9.78 Å². The van der Waals surface area contributed by atoms with Gasteiger partial charge < -0.3 is 5.32 Å². The van der Waals surface area contributed by atoms with Crippen LogP contribution in [0.15, 0.2) is 54.7 Å². The summed E-state index contributed by atoms with van der Waals surface area (Å²) in [4.78, 5) is 17.0. The summed E-state index contributed by atoms with van der Waals surface area (Å²) in [5.74, 6) is 0.492. The Hall–Kier alpha value is -2.46. The number of amides is 1. The van der Waals surface area contributed by atoms with Crippen LogP contribution in [0, 0.1) is 17.7 Å². The molecule has 0 radical (unpaired) electrons. The summed E-state index contributed by atoms with van der Waals surface area (Å²) >= 11 is 5.90. The highest BCUT2D eigenvalue weighted by molar-refractivity contribution is 6.30. The SMILES string of the molecule is C[C@H](C(=O)Nc1ccc(Cl)cc1)[C@H]1CC[C@H](c2ccnc3ccc(F)cc32)CC1. The van der Waals surface area contributed by atoms with Gasteiger partial charge in [-0.15, -0.1) is 0 Å². The molecule has 1 atom stereocenters. The number of fused-ring (bicyclic) bond motifs is 1. The fraction of sp³-hybridized carbons (Fsp3) is 0.333. The molecule has 1 N–H and O–H groups in total. The lowest BCUT2D eigenvalue weighted by molar-refractivity contribution is -0.121. The van der Waals surface area contributed by atoms with Crippen molar-refractivity contribution in [3.05, 3.63) is 71.1 Å². The van der Waals surface area contributed by atoms with Crippen molar-refractivity contribution in [2.45, 2.75) is 38.5 Å². The first kappa shape index (κ1) is 19.8. The number of hydrogen-bond acceptors (Lipinski definition) is 2. The number of rotatable bonds is 4. The molecule has 0 spiro atoms. The smallest absolute Gasteiger partial charge is 0.227 e. The van der Waals surface area contributed by atoms with Gasteiger partial charge in [0.2, 0.25) is 5.91 Å². The molecule has 0 bridgehead atoms. The molecule has 0 unspecified atom stereocenters. The van der Waals surface area contributed by atoms with Gasteiger partial charge in [0.05, 0.1) is 5.52 Å². The van der Waals surface area contributed by atoms with E-state index in [-0.39, 0.29) is 17.6 Å². The van der Waals surface area contributed by atoms with Crippen LogP contribution in [0.5, 0.6) is 0 Å². The summed E-state index contributed by atoms with van der Waals surface area (Å²) in [6.07, 6.45) is 5.78. The maximum absolute atomic E-state index is 13.8. The molecule has 1 aromatic heterocycles. The Balaban J connectivity index is 1.41. The molecule has 29 heavy (non-hydrogen) atoms. The second-order valence-corrected chi connectivity index (χ2v) is 8.39. The summed E-state index contributed by atoms with van der Waals surface area (Å²) in [5.41, 5.74) is 2.78. The lowest BCUT2D eigenvalue weighted by Gasteiger charge is -2.32. The first-order chi connectivity index (χ1) is 14.0. The lowest BCUT2D eigenvalue weighted by atomic mass is 9.73. The molecule has 3 aromatic rings. The Bertz CT molecular complexity index is 1010. The molecule has 5 heteroatoms. The zero-order valence-electron chi connectivity index (χ0n) is 16.4. The average Bonchev–Trinajstić information content (AvgIpc) is 2.74. The molecule has 0 aliphatic heterocycles. The predicted molar refractivity (Wildman–Crippen MR) is 116 cm³/mol. The molecule has 1 fully saturated rings. The van der Waals surface area contributed by atoms with E-state index in [0.717, 1.165) is 42.3 Å². The van der Waals surface area contributed by atoms with Crippen molar-refractivity contribution in [3.8, 4) is 0 Å². The maximum Gasteiger partial charge on any atom is 0.227 e. The summed E-state index contributed by atoms with van der Waals surface area (Å²) in [6.45, 7) is 2.01. The summed E-state index contributed by atoms with van der Waals surface area (Å²) < 4.78 is 13.8. The zero-order valence-corrected chi connectivity index (χ0v) is 17.1. The van der Waals surface area contributed by atoms with Crippen LogP contribution in [0.3, 0.4) is 0 Å². The minimum Gasteiger partial charge on any atom is -0.326 e. The van der Waals surface area contributed by atoms with Crippen LogP contribution in [0.4, 0.5) is 10.1 Å². The van der Waals surface area contributed by atoms with Crippen molar-refractivity contribution < 1.29 is 9.18 Å². The van der Waals surface area contributed by atoms with Crippen LogP contribution < -0.4 is 5.32 Å². The molecule has 1 heterocycles. The molecule has 150 valence electrons. The molecule has 1 aliphatic carbocycles. The Morgan fingerprint density at radius 2 is 1.83 bits per heavy atom. The van der Waals surface area contributed by atoms with E-state index in [2.05, 4.69) is 10.3 Å². The molecule has 1 aliphatic rings. The van der Waals surface area contributed by atoms with Crippen LogP contribution in [0.25, 0.3) is 10.9 Å². The Labute approximate surface area is 175 Å². The zero-order chi connectivity index (χ0) is 20.4. The quantitative estimate of drug-likeness (QED) is 0.528. The number of carbonyl (C=O) groups is 1. The van der Waals surface area contributed by atoms with E-state index >= 15 is 0 Å². The number of halogens is 2. The highest BCUT2D eigenvalue weighted by Gasteiger charge is 2.30. The second-order valence-electron chi connectivity index (χ2n) is 7.96. The first-order valence-electron chi connectivity index (χ1n) is 10.1. The Morgan fingerprint density at radius 3 is 2.55 bits per heavy atom. The number of anilines is 1. The highest BCUT2D eigenvalue weighted by atomic mass is 35.5. The maximum atomic E-state index is 13.8. The van der Waals surface area contributed by atoms with E-state index in [9.17, 15) is 9.18 Å². The fourth-order valence-corrected chi connectivity index (χ4v) is 4.56. The standard InChI is InChI=1S/C24H24ClFN2O/c1-15(24(29)28-20-9-6-18(25)7-10-20)16-2-4-17(5-3-16)21-12-13-27-23-11-8-19(26)14-22(21)23/h6-17H,2-5H2,1H3,(H,28,29)/t15-,16-,17-/m0/s1. The van der Waals surface area contributed by atoms with Gasteiger partial charge in [-0.25, -0.2) is 4.39 Å². The van der Waals surface area contributed by atoms with Gasteiger partial charge in [-0.2, -0.15) is 0 Å². The van der Waals surface area contributed by atoms with Crippen LogP contribution in [-0.4, -0.2) is 10.9 Å². The van der Waals surface area contributed by atoms with Gasteiger partial charge in [0.1, 0.15) is 5.82 Å². The van der Waals surface area contributed by atoms with E-state index in [4.69, 9.17) is 11.6 Å². The first-order valence-corrected chi connectivity index (χ1v) is 10.5. The van der Waals surface area contributed by atoms with E-state index in [1.807, 2.05) is 31.3 Å². The molecular weight excluding hydrogens is 387 g/mol. The normalized spacial score (nSPS) is 20.4. The molecule has 1 saturated carbocycles. The van der Waals surface area contributed by atoms with E-state index in [0.29, 0.717) is 16.9 Å². The minimum absolute atomic E-state index is 0.0483. The summed E-state index contributed by atoms with van der Waals surface area (Å²) in [6, 6.07) is 14.0. The van der Waals surface area contributed by atoms with E-state index in [1.54, 1.807) is 24.3 Å². The largest absolute Gasteiger partial charge is 0.326 e. The van der Waals surface area contributed by atoms with Crippen LogP contribution in [0.1, 0.15) is 44.1 Å². The third-order valence-electron chi connectivity index (χ3n) is 6.18. The van der Waals surface area contributed by atoms with Crippen molar-refractivity contribution in [1.29, 1.82) is 0 Å². The number of benzene rings is 2. The highest BCUT2D eigenvalue weighted by Crippen LogP contribution is 2.41. The molecule has 1 amide bonds. The topological polar surface area (TPSA) is 42.0 Å². The fourth-order valence-electron chi connectivity index (χ4n) is 4.43. The van der Waals surface area contributed by atoms with Crippen molar-refractivity contribution in [1.82, 2.24) is 4.98 Å². The summed E-state index contributed by atoms with van der Waals surface area (Å²) in [5, 5.41) is 4.55. The van der Waals surface area contributed by atoms with Crippen molar-refractivity contribution in [2.24, 2.45) is 11.8 Å². The monoisotopic (exact) mass is 410 g/mol.